The summed E-state index contributed by atoms with van der Waals surface area (Å²) in [7, 11) is 0. The number of para-hydroxylation sites is 1. The van der Waals surface area contributed by atoms with Crippen LogP contribution < -0.4 is 4.74 Å². The summed E-state index contributed by atoms with van der Waals surface area (Å²) in [6.07, 6.45) is 0.470. The van der Waals surface area contributed by atoms with E-state index in [1.807, 2.05) is 38.1 Å². The molecule has 2 atom stereocenters. The monoisotopic (exact) mass is 206 g/mol. The summed E-state index contributed by atoms with van der Waals surface area (Å²) in [5.41, 5.74) is -0.0919. The van der Waals surface area contributed by atoms with Crippen molar-refractivity contribution in [2.24, 2.45) is 0 Å². The zero-order chi connectivity index (χ0) is 11.1. The normalized spacial score (nSPS) is 28.3. The molecule has 0 bridgehead atoms. The van der Waals surface area contributed by atoms with Crippen LogP contribution >= 0.6 is 0 Å². The fourth-order valence-electron chi connectivity index (χ4n) is 2.23. The molecule has 3 nitrogen and oxygen atoms in total. The van der Waals surface area contributed by atoms with Gasteiger partial charge in [-0.05, 0) is 12.5 Å². The van der Waals surface area contributed by atoms with Gasteiger partial charge in [0.1, 0.15) is 5.75 Å². The molecule has 0 saturated heterocycles. The highest BCUT2D eigenvalue weighted by atomic mass is 16.5. The van der Waals surface area contributed by atoms with E-state index in [0.717, 1.165) is 5.56 Å². The summed E-state index contributed by atoms with van der Waals surface area (Å²) in [5, 5.41) is 9.28. The first-order valence-electron chi connectivity index (χ1n) is 5.13. The summed E-state index contributed by atoms with van der Waals surface area (Å²) >= 11 is 0. The van der Waals surface area contributed by atoms with Crippen LogP contribution in [0, 0.1) is 0 Å². The van der Waals surface area contributed by atoms with E-state index in [2.05, 4.69) is 0 Å². The molecule has 1 unspecified atom stereocenters. The average molecular weight is 206 g/mol. The van der Waals surface area contributed by atoms with Gasteiger partial charge in [0.15, 0.2) is 0 Å². The first kappa shape index (κ1) is 10.0. The molecule has 3 heteroatoms. The van der Waals surface area contributed by atoms with Crippen molar-refractivity contribution in [3.05, 3.63) is 29.8 Å². The van der Waals surface area contributed by atoms with Crippen LogP contribution in [-0.2, 0) is 4.79 Å². The van der Waals surface area contributed by atoms with Crippen molar-refractivity contribution in [3.8, 4) is 5.75 Å². The molecule has 80 valence electrons. The number of hydrogen-bond acceptors (Lipinski definition) is 2. The van der Waals surface area contributed by atoms with Gasteiger partial charge in [0.25, 0.3) is 0 Å². The van der Waals surface area contributed by atoms with Crippen LogP contribution in [0.3, 0.4) is 0 Å². The maximum Gasteiger partial charge on any atom is 0.348 e. The first-order chi connectivity index (χ1) is 7.12. The molecule has 0 spiro atoms. The van der Waals surface area contributed by atoms with Crippen LogP contribution in [0.4, 0.5) is 0 Å². The molecule has 0 radical (unpaired) electrons. The van der Waals surface area contributed by atoms with Gasteiger partial charge in [0.05, 0.1) is 0 Å². The number of rotatable bonds is 2. The Balaban J connectivity index is 2.49. The summed E-state index contributed by atoms with van der Waals surface area (Å²) < 4.78 is 5.62. The molecule has 1 N–H and O–H groups in total. The summed E-state index contributed by atoms with van der Waals surface area (Å²) in [5.74, 6) is -0.279. The van der Waals surface area contributed by atoms with Crippen LogP contribution in [0.1, 0.15) is 31.7 Å². The van der Waals surface area contributed by atoms with E-state index in [9.17, 15) is 9.90 Å². The first-order valence-corrected chi connectivity index (χ1v) is 5.13. The SMILES string of the molecule is CC[C@]1(C(=O)O)Oc2ccccc2C1C. The molecule has 0 aromatic heterocycles. The Morgan fingerprint density at radius 3 is 2.73 bits per heavy atom. The van der Waals surface area contributed by atoms with Crippen LogP contribution in [-0.4, -0.2) is 16.7 Å². The highest BCUT2D eigenvalue weighted by molar-refractivity contribution is 5.81. The predicted molar refractivity (Wildman–Crippen MR) is 56.1 cm³/mol. The second-order valence-electron chi connectivity index (χ2n) is 3.91. The Morgan fingerprint density at radius 2 is 2.20 bits per heavy atom. The van der Waals surface area contributed by atoms with E-state index in [0.29, 0.717) is 12.2 Å². The van der Waals surface area contributed by atoms with Gasteiger partial charge in [-0.15, -0.1) is 0 Å². The van der Waals surface area contributed by atoms with Crippen molar-refractivity contribution in [1.82, 2.24) is 0 Å². The fourth-order valence-corrected chi connectivity index (χ4v) is 2.23. The number of ether oxygens (including phenoxy) is 1. The second-order valence-corrected chi connectivity index (χ2v) is 3.91. The van der Waals surface area contributed by atoms with Gasteiger partial charge < -0.3 is 9.84 Å². The average Bonchev–Trinajstić information content (AvgIpc) is 2.53. The van der Waals surface area contributed by atoms with E-state index in [1.165, 1.54) is 0 Å². The topological polar surface area (TPSA) is 46.5 Å². The lowest BCUT2D eigenvalue weighted by molar-refractivity contribution is -0.155. The number of carboxylic acid groups (broad SMARTS) is 1. The number of benzene rings is 1. The number of carboxylic acids is 1. The fraction of sp³-hybridized carbons (Fsp3) is 0.417. The molecule has 0 aliphatic carbocycles. The smallest absolute Gasteiger partial charge is 0.348 e. The minimum absolute atomic E-state index is 0.101. The number of hydrogen-bond donors (Lipinski definition) is 1. The molecule has 0 saturated carbocycles. The summed E-state index contributed by atoms with van der Waals surface area (Å²) in [4.78, 5) is 11.3. The zero-order valence-corrected chi connectivity index (χ0v) is 8.86. The molecule has 15 heavy (non-hydrogen) atoms. The molecule has 1 aromatic carbocycles. The Morgan fingerprint density at radius 1 is 1.53 bits per heavy atom. The maximum atomic E-state index is 11.3. The van der Waals surface area contributed by atoms with E-state index < -0.39 is 11.6 Å². The van der Waals surface area contributed by atoms with Crippen molar-refractivity contribution in [2.75, 3.05) is 0 Å². The zero-order valence-electron chi connectivity index (χ0n) is 8.86. The Kier molecular flexibility index (Phi) is 2.18. The number of carbonyl (C=O) groups is 1. The van der Waals surface area contributed by atoms with Crippen LogP contribution in [0.5, 0.6) is 5.75 Å². The molecule has 0 fully saturated rings. The Hall–Kier alpha value is -1.51. The summed E-state index contributed by atoms with van der Waals surface area (Å²) in [6.45, 7) is 3.75. The van der Waals surface area contributed by atoms with Crippen molar-refractivity contribution < 1.29 is 14.6 Å². The van der Waals surface area contributed by atoms with E-state index >= 15 is 0 Å². The number of fused-ring (bicyclic) bond motifs is 1. The third kappa shape index (κ3) is 1.23. The van der Waals surface area contributed by atoms with Crippen molar-refractivity contribution in [1.29, 1.82) is 0 Å². The van der Waals surface area contributed by atoms with Gasteiger partial charge in [0.2, 0.25) is 5.60 Å². The second kappa shape index (κ2) is 3.26. The van der Waals surface area contributed by atoms with Crippen molar-refractivity contribution in [2.45, 2.75) is 31.8 Å². The third-order valence-corrected chi connectivity index (χ3v) is 3.26. The minimum Gasteiger partial charge on any atom is -0.478 e. The van der Waals surface area contributed by atoms with Gasteiger partial charge in [-0.3, -0.25) is 0 Å². The van der Waals surface area contributed by atoms with Crippen molar-refractivity contribution in [3.63, 3.8) is 0 Å². The van der Waals surface area contributed by atoms with Gasteiger partial charge >= 0.3 is 5.97 Å². The standard InChI is InChI=1S/C12H14O3/c1-3-12(11(13)14)8(2)9-6-4-5-7-10(9)15-12/h4-8H,3H2,1-2H3,(H,13,14)/t8?,12-/m0/s1. The molecule has 0 amide bonds. The van der Waals surface area contributed by atoms with Gasteiger partial charge in [-0.1, -0.05) is 32.0 Å². The van der Waals surface area contributed by atoms with E-state index in [1.54, 1.807) is 0 Å². The van der Waals surface area contributed by atoms with Crippen LogP contribution in [0.2, 0.25) is 0 Å². The molecule has 1 aliphatic rings. The van der Waals surface area contributed by atoms with Gasteiger partial charge in [-0.25, -0.2) is 4.79 Å². The highest BCUT2D eigenvalue weighted by Gasteiger charge is 2.50. The summed E-state index contributed by atoms with van der Waals surface area (Å²) in [6, 6.07) is 7.53. The Labute approximate surface area is 88.7 Å². The van der Waals surface area contributed by atoms with Gasteiger partial charge in [0, 0.05) is 11.5 Å². The third-order valence-electron chi connectivity index (χ3n) is 3.26. The minimum atomic E-state index is -1.08. The molecule has 1 aromatic rings. The molecule has 2 rings (SSSR count). The highest BCUT2D eigenvalue weighted by Crippen LogP contribution is 2.46. The lowest BCUT2D eigenvalue weighted by Crippen LogP contribution is -2.44. The van der Waals surface area contributed by atoms with Gasteiger partial charge in [-0.2, -0.15) is 0 Å². The molecule has 1 aliphatic heterocycles. The largest absolute Gasteiger partial charge is 0.478 e. The maximum absolute atomic E-state index is 11.3. The van der Waals surface area contributed by atoms with Crippen LogP contribution in [0.15, 0.2) is 24.3 Å². The Bertz CT molecular complexity index is 400. The lowest BCUT2D eigenvalue weighted by atomic mass is 9.84. The molecular weight excluding hydrogens is 192 g/mol. The van der Waals surface area contributed by atoms with Crippen molar-refractivity contribution >= 4 is 5.97 Å². The lowest BCUT2D eigenvalue weighted by Gasteiger charge is -2.26. The quantitative estimate of drug-likeness (QED) is 0.808. The molecule has 1 heterocycles. The molecular formula is C12H14O3. The predicted octanol–water partition coefficient (Wildman–Crippen LogP) is 2.42. The number of aliphatic carboxylic acids is 1. The van der Waals surface area contributed by atoms with E-state index in [4.69, 9.17) is 4.74 Å². The van der Waals surface area contributed by atoms with E-state index in [-0.39, 0.29) is 5.92 Å². The van der Waals surface area contributed by atoms with Crippen LogP contribution in [0.25, 0.3) is 0 Å².